The van der Waals surface area contributed by atoms with E-state index in [0.717, 1.165) is 23.1 Å². The van der Waals surface area contributed by atoms with E-state index in [9.17, 15) is 14.7 Å². The molecule has 1 fully saturated rings. The molecule has 168 valence electrons. The average Bonchev–Trinajstić information content (AvgIpc) is 3.37. The quantitative estimate of drug-likeness (QED) is 0.352. The lowest BCUT2D eigenvalue weighted by molar-refractivity contribution is -0.140. The van der Waals surface area contributed by atoms with E-state index in [1.54, 1.807) is 23.1 Å². The Hall–Kier alpha value is -2.84. The van der Waals surface area contributed by atoms with Crippen LogP contribution in [0, 0.1) is 0 Å². The van der Waals surface area contributed by atoms with Crippen LogP contribution < -0.4 is 9.47 Å². The normalized spacial score (nSPS) is 19.2. The smallest absolute Gasteiger partial charge is 0.295 e. The monoisotopic (exact) mass is 500 g/mol. The van der Waals surface area contributed by atoms with Crippen LogP contribution in [0.15, 0.2) is 52.5 Å². The van der Waals surface area contributed by atoms with Gasteiger partial charge in [-0.1, -0.05) is 41.9 Å². The number of carbonyl (C=O) groups is 2. The van der Waals surface area contributed by atoms with Gasteiger partial charge in [0.05, 0.1) is 11.6 Å². The molecule has 2 aliphatic rings. The second kappa shape index (κ2) is 9.34. The van der Waals surface area contributed by atoms with Gasteiger partial charge in [0.1, 0.15) is 5.76 Å². The Morgan fingerprint density at radius 1 is 1.09 bits per heavy atom. The van der Waals surface area contributed by atoms with E-state index in [-0.39, 0.29) is 18.1 Å². The third kappa shape index (κ3) is 4.12. The number of hydrogen-bond acceptors (Lipinski definition) is 6. The SMILES string of the molecule is CCN(CC)CCN1C(=O)C(=O)C(=C(O)c2ccc3c(c2)OCO3)C1c1ccc(Br)cc1. The number of hydrogen-bond donors (Lipinski definition) is 1. The highest BCUT2D eigenvalue weighted by atomic mass is 79.9. The van der Waals surface area contributed by atoms with Crippen LogP contribution in [0.25, 0.3) is 5.76 Å². The molecule has 2 aromatic carbocycles. The lowest BCUT2D eigenvalue weighted by Gasteiger charge is -2.28. The van der Waals surface area contributed by atoms with Crippen LogP contribution >= 0.6 is 15.9 Å². The third-order valence-electron chi connectivity index (χ3n) is 5.92. The summed E-state index contributed by atoms with van der Waals surface area (Å²) in [6.07, 6.45) is 0. The molecule has 1 atom stereocenters. The van der Waals surface area contributed by atoms with Crippen LogP contribution in [0.3, 0.4) is 0 Å². The van der Waals surface area contributed by atoms with Gasteiger partial charge in [-0.25, -0.2) is 0 Å². The number of aliphatic hydroxyl groups is 1. The summed E-state index contributed by atoms with van der Waals surface area (Å²) in [7, 11) is 0. The van der Waals surface area contributed by atoms with E-state index < -0.39 is 17.7 Å². The first kappa shape index (κ1) is 22.4. The minimum Gasteiger partial charge on any atom is -0.507 e. The van der Waals surface area contributed by atoms with Crippen LogP contribution in [-0.2, 0) is 9.59 Å². The van der Waals surface area contributed by atoms with Gasteiger partial charge in [-0.05, 0) is 49.0 Å². The Balaban J connectivity index is 1.78. The van der Waals surface area contributed by atoms with E-state index in [1.165, 1.54) is 0 Å². The fourth-order valence-electron chi connectivity index (χ4n) is 4.09. The van der Waals surface area contributed by atoms with Gasteiger partial charge in [-0.15, -0.1) is 0 Å². The molecular formula is C24H25BrN2O5. The van der Waals surface area contributed by atoms with Crippen molar-refractivity contribution in [1.29, 1.82) is 0 Å². The van der Waals surface area contributed by atoms with Crippen molar-refractivity contribution in [3.05, 3.63) is 63.6 Å². The number of fused-ring (bicyclic) bond motifs is 1. The number of ether oxygens (including phenoxy) is 2. The minimum absolute atomic E-state index is 0.0794. The lowest BCUT2D eigenvalue weighted by Crippen LogP contribution is -2.38. The molecule has 7 nitrogen and oxygen atoms in total. The number of halogens is 1. The first-order valence-electron chi connectivity index (χ1n) is 10.6. The van der Waals surface area contributed by atoms with E-state index in [4.69, 9.17) is 9.47 Å². The van der Waals surface area contributed by atoms with E-state index in [2.05, 4.69) is 34.7 Å². The average molecular weight is 501 g/mol. The molecular weight excluding hydrogens is 476 g/mol. The Morgan fingerprint density at radius 3 is 2.47 bits per heavy atom. The lowest BCUT2D eigenvalue weighted by atomic mass is 9.95. The van der Waals surface area contributed by atoms with Crippen molar-refractivity contribution in [3.8, 4) is 11.5 Å². The Kier molecular flexibility index (Phi) is 6.53. The van der Waals surface area contributed by atoms with Gasteiger partial charge >= 0.3 is 0 Å². The molecule has 2 aliphatic heterocycles. The third-order valence-corrected chi connectivity index (χ3v) is 6.45. The topological polar surface area (TPSA) is 79.3 Å². The van der Waals surface area contributed by atoms with Gasteiger partial charge in [-0.2, -0.15) is 0 Å². The zero-order valence-corrected chi connectivity index (χ0v) is 19.6. The molecule has 1 amide bonds. The Bertz CT molecular complexity index is 1060. The van der Waals surface area contributed by atoms with Gasteiger partial charge in [-0.3, -0.25) is 9.59 Å². The van der Waals surface area contributed by atoms with Gasteiger partial charge < -0.3 is 24.4 Å². The molecule has 1 unspecified atom stereocenters. The fourth-order valence-corrected chi connectivity index (χ4v) is 4.35. The molecule has 1 saturated heterocycles. The number of Topliss-reactive ketones (excluding diaryl/α,β-unsaturated/α-hetero) is 1. The molecule has 0 spiro atoms. The summed E-state index contributed by atoms with van der Waals surface area (Å²) < 4.78 is 11.6. The van der Waals surface area contributed by atoms with Crippen LogP contribution in [0.5, 0.6) is 11.5 Å². The first-order chi connectivity index (χ1) is 15.4. The largest absolute Gasteiger partial charge is 0.507 e. The van der Waals surface area contributed by atoms with Crippen molar-refractivity contribution in [1.82, 2.24) is 9.80 Å². The van der Waals surface area contributed by atoms with Gasteiger partial charge in [0.2, 0.25) is 6.79 Å². The Morgan fingerprint density at radius 2 is 1.78 bits per heavy atom. The van der Waals surface area contributed by atoms with Crippen LogP contribution in [0.2, 0.25) is 0 Å². The zero-order valence-electron chi connectivity index (χ0n) is 18.0. The second-order valence-corrected chi connectivity index (χ2v) is 8.55. The predicted molar refractivity (Wildman–Crippen MR) is 124 cm³/mol. The standard InChI is InChI=1S/C24H25BrN2O5/c1-3-26(4-2)11-12-27-21(15-5-8-17(25)9-6-15)20(23(29)24(27)30)22(28)16-7-10-18-19(13-16)32-14-31-18/h5-10,13,21,28H,3-4,11-12,14H2,1-2H3. The molecule has 0 saturated carbocycles. The van der Waals surface area contributed by atoms with Crippen molar-refractivity contribution < 1.29 is 24.2 Å². The predicted octanol–water partition coefficient (Wildman–Crippen LogP) is 3.94. The Labute approximate surface area is 195 Å². The van der Waals surface area contributed by atoms with Crippen molar-refractivity contribution in [2.24, 2.45) is 0 Å². The molecule has 2 heterocycles. The number of carbonyl (C=O) groups excluding carboxylic acids is 2. The number of likely N-dealkylation sites (tertiary alicyclic amines) is 1. The maximum absolute atomic E-state index is 13.1. The molecule has 4 rings (SSSR count). The van der Waals surface area contributed by atoms with Crippen LogP contribution in [0.1, 0.15) is 31.0 Å². The summed E-state index contributed by atoms with van der Waals surface area (Å²) in [5.74, 6) is -0.449. The van der Waals surface area contributed by atoms with Crippen LogP contribution in [-0.4, -0.2) is 59.6 Å². The minimum atomic E-state index is -0.687. The summed E-state index contributed by atoms with van der Waals surface area (Å²) in [6, 6.07) is 11.7. The highest BCUT2D eigenvalue weighted by Gasteiger charge is 2.46. The maximum Gasteiger partial charge on any atom is 0.295 e. The number of aliphatic hydroxyl groups excluding tert-OH is 1. The van der Waals surface area contributed by atoms with Crippen molar-refractivity contribution in [2.45, 2.75) is 19.9 Å². The molecule has 32 heavy (non-hydrogen) atoms. The number of nitrogens with zero attached hydrogens (tertiary/aromatic N) is 2. The zero-order chi connectivity index (χ0) is 22.8. The molecule has 1 N–H and O–H groups in total. The van der Waals surface area contributed by atoms with Crippen molar-refractivity contribution >= 4 is 33.4 Å². The van der Waals surface area contributed by atoms with Gasteiger partial charge in [0, 0.05) is 23.1 Å². The van der Waals surface area contributed by atoms with E-state index in [0.29, 0.717) is 30.2 Å². The number of ketones is 1. The fraction of sp³-hybridized carbons (Fsp3) is 0.333. The number of benzene rings is 2. The first-order valence-corrected chi connectivity index (χ1v) is 11.4. The van der Waals surface area contributed by atoms with Crippen LogP contribution in [0.4, 0.5) is 0 Å². The van der Waals surface area contributed by atoms with E-state index in [1.807, 2.05) is 24.3 Å². The summed E-state index contributed by atoms with van der Waals surface area (Å²) in [6.45, 7) is 6.93. The molecule has 0 radical (unpaired) electrons. The number of amides is 1. The summed E-state index contributed by atoms with van der Waals surface area (Å²) in [5.41, 5.74) is 1.24. The highest BCUT2D eigenvalue weighted by Crippen LogP contribution is 2.41. The van der Waals surface area contributed by atoms with Gasteiger partial charge in [0.25, 0.3) is 11.7 Å². The van der Waals surface area contributed by atoms with Crippen molar-refractivity contribution in [3.63, 3.8) is 0 Å². The summed E-state index contributed by atoms with van der Waals surface area (Å²) in [5, 5.41) is 11.2. The highest BCUT2D eigenvalue weighted by molar-refractivity contribution is 9.10. The number of likely N-dealkylation sites (N-methyl/N-ethyl adjacent to an activating group) is 1. The molecule has 0 aliphatic carbocycles. The molecule has 8 heteroatoms. The number of rotatable bonds is 7. The molecule has 0 bridgehead atoms. The van der Waals surface area contributed by atoms with E-state index >= 15 is 0 Å². The second-order valence-electron chi connectivity index (χ2n) is 7.64. The summed E-state index contributed by atoms with van der Waals surface area (Å²) >= 11 is 3.43. The van der Waals surface area contributed by atoms with Gasteiger partial charge in [0.15, 0.2) is 11.5 Å². The molecule has 2 aromatic rings. The molecule has 0 aromatic heterocycles. The summed E-state index contributed by atoms with van der Waals surface area (Å²) in [4.78, 5) is 29.9. The maximum atomic E-state index is 13.1. The van der Waals surface area contributed by atoms with Crippen molar-refractivity contribution in [2.75, 3.05) is 33.0 Å².